The summed E-state index contributed by atoms with van der Waals surface area (Å²) in [4.78, 5) is 186. The molecule has 0 bridgehead atoms. The lowest BCUT2D eigenvalue weighted by Gasteiger charge is -2.26. The first-order chi connectivity index (χ1) is 68.2. The van der Waals surface area contributed by atoms with Crippen LogP contribution in [0.3, 0.4) is 0 Å². The predicted octanol–water partition coefficient (Wildman–Crippen LogP) is 13.3. The Morgan fingerprint density at radius 2 is 0.771 bits per heavy atom. The number of carbonyl (C=O) groups excluding carboxylic acids is 5. The zero-order valence-corrected chi connectivity index (χ0v) is 84.9. The molecule has 0 radical (unpaired) electrons. The molecule has 2 amide bonds. The predicted molar refractivity (Wildman–Crippen MR) is 553 cm³/mol. The maximum Gasteiger partial charge on any atom is 0.410 e. The number of nitrogens with zero attached hydrogens (tertiary/aromatic N) is 22. The smallest absolute Gasteiger partial charge is 0.410 e. The van der Waals surface area contributed by atoms with E-state index in [1.807, 2.05) is 211 Å². The van der Waals surface area contributed by atoms with Crippen molar-refractivity contribution < 1.29 is 46.7 Å². The van der Waals surface area contributed by atoms with Crippen LogP contribution in [0.1, 0.15) is 146 Å². The molecular formula is C102H117Cl2N25O15. The number of rotatable bonds is 11. The Balaban J connectivity index is 0.000000142. The molecule has 0 aromatic carbocycles. The van der Waals surface area contributed by atoms with Gasteiger partial charge in [0.1, 0.15) is 45.4 Å². The molecule has 0 aliphatic carbocycles. The number of carbonyl (C=O) groups is 5. The van der Waals surface area contributed by atoms with Gasteiger partial charge in [0.15, 0.2) is 35.2 Å². The molecule has 4 aliphatic heterocycles. The van der Waals surface area contributed by atoms with E-state index in [1.54, 1.807) is 34.9 Å². The molecule has 40 nitrogen and oxygen atoms in total. The molecule has 20 heterocycles. The molecule has 42 heteroatoms. The van der Waals surface area contributed by atoms with Crippen LogP contribution >= 0.6 is 24.0 Å². The number of nitrogens with one attached hydrogen (secondary N) is 3. The van der Waals surface area contributed by atoms with Crippen molar-refractivity contribution in [3.63, 3.8) is 0 Å². The van der Waals surface area contributed by atoms with Gasteiger partial charge in [0, 0.05) is 164 Å². The highest BCUT2D eigenvalue weighted by molar-refractivity contribution is 6.29. The fourth-order valence-corrected chi connectivity index (χ4v) is 17.2. The fourth-order valence-electron chi connectivity index (χ4n) is 17.0. The minimum Gasteiger partial charge on any atom is -0.444 e. The van der Waals surface area contributed by atoms with Crippen molar-refractivity contribution in [3.05, 3.63) is 248 Å². The van der Waals surface area contributed by atoms with E-state index in [1.165, 1.54) is 18.2 Å². The van der Waals surface area contributed by atoms with Crippen molar-refractivity contribution in [1.82, 2.24) is 102 Å². The number of ketones is 1. The lowest BCUT2D eigenvalue weighted by atomic mass is 10.2. The Kier molecular flexibility index (Phi) is 32.9. The van der Waals surface area contributed by atoms with E-state index in [0.717, 1.165) is 182 Å². The van der Waals surface area contributed by atoms with Crippen LogP contribution in [0.4, 0.5) is 32.9 Å². The summed E-state index contributed by atoms with van der Waals surface area (Å²) in [6.45, 7) is 40.6. The van der Waals surface area contributed by atoms with Gasteiger partial charge in [-0.05, 0) is 229 Å². The van der Waals surface area contributed by atoms with Gasteiger partial charge in [-0.3, -0.25) is 43.9 Å². The van der Waals surface area contributed by atoms with Crippen LogP contribution in [0.2, 0.25) is 5.15 Å². The van der Waals surface area contributed by atoms with Gasteiger partial charge in [-0.25, -0.2) is 43.9 Å². The lowest BCUT2D eigenvalue weighted by molar-refractivity contribution is -0.116. The maximum absolute atomic E-state index is 12.9. The molecule has 0 saturated carbocycles. The number of Topliss-reactive ketones (excluding diaryl/α,β-unsaturated/α-hetero) is 1. The number of halogens is 2. The normalized spacial score (nSPS) is 14.4. The largest absolute Gasteiger partial charge is 0.444 e. The number of aromatic amines is 2. The zero-order chi connectivity index (χ0) is 102. The average molecular weight is 2000 g/mol. The number of imidazole rings is 4. The molecule has 16 aromatic rings. The van der Waals surface area contributed by atoms with Gasteiger partial charge in [0.2, 0.25) is 17.1 Å². The Labute approximate surface area is 838 Å². The van der Waals surface area contributed by atoms with Crippen LogP contribution in [0.25, 0.3) is 89.7 Å². The van der Waals surface area contributed by atoms with Crippen LogP contribution in [0, 0.1) is 55.4 Å². The number of likely N-dealkylation sites (N-methyl/N-ethyl adjacent to an activating group) is 1. The van der Waals surface area contributed by atoms with E-state index in [-0.39, 0.29) is 52.4 Å². The van der Waals surface area contributed by atoms with Gasteiger partial charge >= 0.3 is 29.1 Å². The SMILES string of the molecule is CC(=O)Cc1cn2cc(C)nc(C)c2n1.CC(C)(C)OC(=O)N1CCCN(c2ccc(C=O)c(=O)[nH]2)CC1.Cc1cn2cc(-c3cc4ccc(N5CCCN(C(=O)OC(C)(C)C)CC5)nc4oc3=O)nc2c(C)n1.Cc1cn2cc(-c3cc4ccc(N5CCCN(C)CC5)nc4oc3=O)nc2c(C)n1.Cc1cn2cc(-c3cc4ccc(N5CCCNCC5)nc4oc3=O)nc2c(C)n1.Cl.O=Cc1ccc(Cl)[nH]c1=O. The minimum atomic E-state index is -0.530. The minimum absolute atomic E-state index is 0. The molecule has 144 heavy (non-hydrogen) atoms. The van der Waals surface area contributed by atoms with Crippen molar-refractivity contribution in [2.75, 3.05) is 131 Å². The highest BCUT2D eigenvalue weighted by Gasteiger charge is 2.30. The van der Waals surface area contributed by atoms with Crippen LogP contribution in [-0.4, -0.2) is 251 Å². The number of aldehydes is 2. The van der Waals surface area contributed by atoms with Crippen LogP contribution in [-0.2, 0) is 20.7 Å². The molecule has 16 aromatic heterocycles. The first kappa shape index (κ1) is 105. The molecule has 754 valence electrons. The Morgan fingerprint density at radius 3 is 1.17 bits per heavy atom. The summed E-state index contributed by atoms with van der Waals surface area (Å²) in [7, 11) is 2.14. The summed E-state index contributed by atoms with van der Waals surface area (Å²) < 4.78 is 35.3. The van der Waals surface area contributed by atoms with Crippen molar-refractivity contribution in [3.8, 4) is 33.8 Å². The number of pyridine rings is 5. The van der Waals surface area contributed by atoms with Crippen molar-refractivity contribution >= 4 is 134 Å². The number of aryl methyl sites for hydroxylation is 8. The van der Waals surface area contributed by atoms with Crippen molar-refractivity contribution in [2.24, 2.45) is 0 Å². The molecule has 0 unspecified atom stereocenters. The van der Waals surface area contributed by atoms with Crippen molar-refractivity contribution in [2.45, 2.75) is 147 Å². The number of hydrogen-bond acceptors (Lipinski definition) is 32. The second-order valence-corrected chi connectivity index (χ2v) is 38.0. The molecule has 4 saturated heterocycles. The third-order valence-electron chi connectivity index (χ3n) is 23.7. The van der Waals surface area contributed by atoms with Gasteiger partial charge in [0.05, 0.1) is 96.1 Å². The summed E-state index contributed by atoms with van der Waals surface area (Å²) in [6, 6.07) is 23.1. The summed E-state index contributed by atoms with van der Waals surface area (Å²) in [5.74, 6) is 3.17. The monoisotopic (exact) mass is 2000 g/mol. The molecule has 0 spiro atoms. The van der Waals surface area contributed by atoms with E-state index >= 15 is 0 Å². The molecule has 4 fully saturated rings. The topological polar surface area (TPSA) is 454 Å². The maximum atomic E-state index is 12.9. The van der Waals surface area contributed by atoms with Gasteiger partial charge in [0.25, 0.3) is 11.1 Å². The second kappa shape index (κ2) is 45.3. The Hall–Kier alpha value is -15.3. The van der Waals surface area contributed by atoms with Crippen LogP contribution in [0.5, 0.6) is 0 Å². The molecular weight excluding hydrogens is 1890 g/mol. The quantitative estimate of drug-likeness (QED) is 0.0799. The number of amides is 2. The summed E-state index contributed by atoms with van der Waals surface area (Å²) in [6.07, 6.45) is 19.4. The van der Waals surface area contributed by atoms with Crippen molar-refractivity contribution in [1.29, 1.82) is 0 Å². The Bertz CT molecular complexity index is 7790. The first-order valence-corrected chi connectivity index (χ1v) is 47.6. The number of hydrogen-bond donors (Lipinski definition) is 3. The van der Waals surface area contributed by atoms with Crippen LogP contribution in [0.15, 0.2) is 166 Å². The van der Waals surface area contributed by atoms with E-state index in [9.17, 15) is 47.9 Å². The first-order valence-electron chi connectivity index (χ1n) is 47.3. The van der Waals surface area contributed by atoms with Gasteiger partial charge in [-0.15, -0.1) is 12.4 Å². The van der Waals surface area contributed by atoms with Crippen LogP contribution < -0.4 is 52.9 Å². The zero-order valence-electron chi connectivity index (χ0n) is 83.4. The summed E-state index contributed by atoms with van der Waals surface area (Å²) >= 11 is 5.40. The average Bonchev–Trinajstić information content (AvgIpc) is 1.68. The van der Waals surface area contributed by atoms with Gasteiger partial charge < -0.3 is 89.9 Å². The third kappa shape index (κ3) is 26.0. The third-order valence-corrected chi connectivity index (χ3v) is 23.9. The van der Waals surface area contributed by atoms with Gasteiger partial charge in [-0.1, -0.05) is 11.6 Å². The van der Waals surface area contributed by atoms with E-state index in [2.05, 4.69) is 96.8 Å². The highest BCUT2D eigenvalue weighted by atomic mass is 35.5. The summed E-state index contributed by atoms with van der Waals surface area (Å²) in [5, 5.41) is 5.88. The van der Waals surface area contributed by atoms with E-state index in [0.29, 0.717) is 126 Å². The number of H-pyrrole nitrogens is 2. The number of ether oxygens (including phenoxy) is 2. The lowest BCUT2D eigenvalue weighted by Crippen LogP contribution is -2.39. The number of fused-ring (bicyclic) bond motifs is 7. The molecule has 0 atom stereocenters. The number of anilines is 4. The fraction of sp³-hybridized carbons (Fsp3) is 0.382. The number of aromatic nitrogens is 17. The molecule has 4 aliphatic rings. The summed E-state index contributed by atoms with van der Waals surface area (Å²) in [5.41, 5.74) is 11.5. The Morgan fingerprint density at radius 1 is 0.403 bits per heavy atom. The van der Waals surface area contributed by atoms with E-state index in [4.69, 9.17) is 34.3 Å². The molecule has 20 rings (SSSR count). The molecule has 3 N–H and O–H groups in total. The highest BCUT2D eigenvalue weighted by Crippen LogP contribution is 2.30. The van der Waals surface area contributed by atoms with Gasteiger partial charge in [-0.2, -0.15) is 15.0 Å². The second-order valence-electron chi connectivity index (χ2n) is 37.6. The van der Waals surface area contributed by atoms with E-state index < -0.39 is 39.2 Å². The standard InChI is InChI=1S/C26H30N6O4.C22H24N6O2.C21H22N6O2.C16H23N3O4.C11H13N3O.C6H4ClNO2.ClH/c1-16-14-32-15-20(28-22(32)17(2)27-16)19-13-18-7-8-21(29-23(18)35-24(19)33)30-9-6-10-31(12-11-30)25(34)36-26(3,4)5;1-14-12-28-13-18(24-20(28)15(2)23-14)17-11-16-5-6-19(25-21(16)30-22(17)29)27-8-4-7-26(3)9-10-27;1-13-11-27-12-17(24-19(27)14(2)23-13)16-10-15-4-5-18(25-20(15)29-21(16)28)26-8-3-6-22-7-9-26;1-16(2,3)23-15(22)19-8-4-7-18(9-10-19)13-6-5-12(11-20)14(21)17-13;1-7-5-14-6-10(4-8(2)15)13-11(14)9(3)12-7;7-5-2-1-4(3-9)6(10)8-5;/h7-8,13-15H,6,9-12H2,1-5H3;5-6,11-13H,4,7-10H2,1-3H3;4-5,10-12,22H,3,6-9H2,1-2H3;5-6,11H,4,7-10H2,1-3H3,(H,17,21);5-6H,4H2,1-3H3;1-3H,(H,8,10);1H.